The minimum atomic E-state index is -0.131. The summed E-state index contributed by atoms with van der Waals surface area (Å²) in [6.45, 7) is 1.52. The number of urea groups is 1. The number of amides is 2. The molecule has 37 heavy (non-hydrogen) atoms. The average molecular weight is 496 g/mol. The molecule has 2 fully saturated rings. The molecule has 0 saturated carbocycles. The second kappa shape index (κ2) is 8.99. The molecule has 0 aliphatic carbocycles. The lowest BCUT2D eigenvalue weighted by atomic mass is 9.85. The number of nitrogens with zero attached hydrogens (tertiary/aromatic N) is 5. The Bertz CT molecular complexity index is 1480. The lowest BCUT2D eigenvalue weighted by molar-refractivity contribution is 0.101. The Labute approximate surface area is 214 Å². The van der Waals surface area contributed by atoms with Gasteiger partial charge < -0.3 is 16.0 Å². The van der Waals surface area contributed by atoms with Gasteiger partial charge in [-0.3, -0.25) is 9.78 Å². The Kier molecular flexibility index (Phi) is 5.62. The van der Waals surface area contributed by atoms with Crippen LogP contribution in [-0.4, -0.2) is 55.4 Å². The average Bonchev–Trinajstić information content (AvgIpc) is 3.46. The van der Waals surface area contributed by atoms with Crippen LogP contribution in [0.15, 0.2) is 54.9 Å². The zero-order valence-corrected chi connectivity index (χ0v) is 20.9. The Morgan fingerprint density at radius 1 is 1.00 bits per heavy atom. The third-order valence-corrected chi connectivity index (χ3v) is 7.77. The molecule has 0 spiro atoms. The molecule has 6 rings (SSSR count). The fraction of sp³-hybridized carbons (Fsp3) is 0.321. The molecule has 2 saturated heterocycles. The van der Waals surface area contributed by atoms with E-state index in [1.165, 1.54) is 6.92 Å². The van der Waals surface area contributed by atoms with Crippen LogP contribution in [0, 0.1) is 0 Å². The van der Waals surface area contributed by atoms with E-state index >= 15 is 0 Å². The summed E-state index contributed by atoms with van der Waals surface area (Å²) in [6.07, 6.45) is 6.96. The first kappa shape index (κ1) is 23.1. The van der Waals surface area contributed by atoms with Crippen molar-refractivity contribution < 1.29 is 9.59 Å². The number of hydrogen-bond acceptors (Lipinski definition) is 6. The number of ketones is 1. The Morgan fingerprint density at radius 2 is 1.73 bits per heavy atom. The predicted octanol–water partition coefficient (Wildman–Crippen LogP) is 4.29. The van der Waals surface area contributed by atoms with Crippen LogP contribution in [-0.2, 0) is 0 Å². The van der Waals surface area contributed by atoms with Gasteiger partial charge in [0, 0.05) is 47.9 Å². The first-order valence-electron chi connectivity index (χ1n) is 12.7. The normalized spacial score (nSPS) is 20.8. The number of carbonyl (C=O) groups is 2. The number of nitrogens with two attached hydrogens (primary N) is 1. The van der Waals surface area contributed by atoms with E-state index in [0.717, 1.165) is 48.1 Å². The second-order valence-electron chi connectivity index (χ2n) is 9.92. The number of nitrogens with one attached hydrogen (secondary N) is 1. The minimum Gasteiger partial charge on any atom is -0.383 e. The quantitative estimate of drug-likeness (QED) is 0.408. The minimum absolute atomic E-state index is 0.0333. The highest BCUT2D eigenvalue weighted by Crippen LogP contribution is 2.44. The van der Waals surface area contributed by atoms with Crippen LogP contribution in [0.5, 0.6) is 0 Å². The molecule has 2 aliphatic rings. The summed E-state index contributed by atoms with van der Waals surface area (Å²) in [6, 6.07) is 14.2. The zero-order valence-electron chi connectivity index (χ0n) is 20.9. The van der Waals surface area contributed by atoms with E-state index in [0.29, 0.717) is 22.7 Å². The zero-order chi connectivity index (χ0) is 25.7. The van der Waals surface area contributed by atoms with Crippen molar-refractivity contribution in [2.75, 3.05) is 12.8 Å². The molecule has 3 atom stereocenters. The fourth-order valence-corrected chi connectivity index (χ4v) is 6.09. The van der Waals surface area contributed by atoms with Crippen molar-refractivity contribution in [1.82, 2.24) is 29.8 Å². The molecule has 2 aliphatic heterocycles. The van der Waals surface area contributed by atoms with E-state index in [2.05, 4.69) is 15.4 Å². The molecule has 5 heterocycles. The van der Waals surface area contributed by atoms with E-state index in [9.17, 15) is 9.59 Å². The van der Waals surface area contributed by atoms with Crippen LogP contribution in [0.3, 0.4) is 0 Å². The van der Waals surface area contributed by atoms with Crippen molar-refractivity contribution >= 4 is 23.3 Å². The molecular weight excluding hydrogens is 466 g/mol. The van der Waals surface area contributed by atoms with Crippen molar-refractivity contribution in [3.05, 3.63) is 66.1 Å². The standard InChI is InChI=1S/C28H29N7O2/c1-16(36)24-25(19-12-20-9-10-21(13-19)34(20)28(37)30-2)33-27-22(15-32-35(27)26(24)29)18-8-11-23(31-14-18)17-6-4-3-5-7-17/h3-8,11,14-15,19-21H,9-10,12-13,29H2,1-2H3,(H,30,37)/t19-,20-,21+. The van der Waals surface area contributed by atoms with Gasteiger partial charge in [-0.05, 0) is 38.7 Å². The molecule has 9 nitrogen and oxygen atoms in total. The van der Waals surface area contributed by atoms with E-state index < -0.39 is 0 Å². The van der Waals surface area contributed by atoms with Gasteiger partial charge in [0.1, 0.15) is 5.82 Å². The summed E-state index contributed by atoms with van der Waals surface area (Å²) in [7, 11) is 1.67. The van der Waals surface area contributed by atoms with Crippen LogP contribution >= 0.6 is 0 Å². The molecule has 9 heteroatoms. The van der Waals surface area contributed by atoms with Crippen molar-refractivity contribution in [1.29, 1.82) is 0 Å². The Morgan fingerprint density at radius 3 is 2.35 bits per heavy atom. The monoisotopic (exact) mass is 495 g/mol. The SMILES string of the molecule is CNC(=O)N1[C@@H]2CC[C@H]1C[C@H](c1nc3c(-c4ccc(-c5ccccc5)nc4)cnn3c(N)c1C(C)=O)C2. The number of carbonyl (C=O) groups excluding carboxylic acids is 2. The van der Waals surface area contributed by atoms with Crippen molar-refractivity contribution in [2.24, 2.45) is 0 Å². The molecular formula is C28H29N7O2. The van der Waals surface area contributed by atoms with Crippen molar-refractivity contribution in [3.63, 3.8) is 0 Å². The summed E-state index contributed by atoms with van der Waals surface area (Å²) in [5.74, 6) is 0.202. The van der Waals surface area contributed by atoms with Crippen molar-refractivity contribution in [3.8, 4) is 22.4 Å². The van der Waals surface area contributed by atoms with Crippen LogP contribution in [0.2, 0.25) is 0 Å². The number of anilines is 1. The number of hydrogen-bond donors (Lipinski definition) is 2. The molecule has 3 aromatic heterocycles. The van der Waals surface area contributed by atoms with Gasteiger partial charge in [0.05, 0.1) is 23.1 Å². The van der Waals surface area contributed by atoms with Gasteiger partial charge in [0.2, 0.25) is 0 Å². The lowest BCUT2D eigenvalue weighted by Gasteiger charge is -2.38. The number of Topliss-reactive ketones (excluding diaryl/α,β-unsaturated/α-hetero) is 1. The van der Waals surface area contributed by atoms with Gasteiger partial charge >= 0.3 is 6.03 Å². The van der Waals surface area contributed by atoms with Gasteiger partial charge in [-0.2, -0.15) is 9.61 Å². The third kappa shape index (κ3) is 3.82. The highest BCUT2D eigenvalue weighted by atomic mass is 16.2. The lowest BCUT2D eigenvalue weighted by Crippen LogP contribution is -2.49. The Balaban J connectivity index is 1.41. The van der Waals surface area contributed by atoms with Gasteiger partial charge in [0.15, 0.2) is 11.4 Å². The summed E-state index contributed by atoms with van der Waals surface area (Å²) in [5.41, 5.74) is 11.9. The third-order valence-electron chi connectivity index (χ3n) is 7.77. The summed E-state index contributed by atoms with van der Waals surface area (Å²) in [5, 5.41) is 7.25. The van der Waals surface area contributed by atoms with Gasteiger partial charge in [-0.1, -0.05) is 36.4 Å². The number of rotatable bonds is 4. The maximum Gasteiger partial charge on any atom is 0.317 e. The number of fused-ring (bicyclic) bond motifs is 3. The van der Waals surface area contributed by atoms with Crippen LogP contribution < -0.4 is 11.1 Å². The largest absolute Gasteiger partial charge is 0.383 e. The van der Waals surface area contributed by atoms with Gasteiger partial charge in [-0.15, -0.1) is 0 Å². The van der Waals surface area contributed by atoms with E-state index in [1.807, 2.05) is 53.6 Å². The summed E-state index contributed by atoms with van der Waals surface area (Å²) in [4.78, 5) is 36.9. The van der Waals surface area contributed by atoms with E-state index in [-0.39, 0.29) is 29.8 Å². The second-order valence-corrected chi connectivity index (χ2v) is 9.92. The van der Waals surface area contributed by atoms with Crippen LogP contribution in [0.4, 0.5) is 10.6 Å². The summed E-state index contributed by atoms with van der Waals surface area (Å²) >= 11 is 0. The topological polar surface area (TPSA) is 119 Å². The van der Waals surface area contributed by atoms with Crippen LogP contribution in [0.1, 0.15) is 54.6 Å². The first-order valence-corrected chi connectivity index (χ1v) is 12.7. The molecule has 1 aromatic carbocycles. The van der Waals surface area contributed by atoms with Crippen molar-refractivity contribution in [2.45, 2.75) is 50.6 Å². The molecule has 0 unspecified atom stereocenters. The maximum atomic E-state index is 12.8. The predicted molar refractivity (Wildman–Crippen MR) is 141 cm³/mol. The first-order chi connectivity index (χ1) is 18.0. The number of benzene rings is 1. The maximum absolute atomic E-state index is 12.8. The molecule has 0 radical (unpaired) electrons. The molecule has 2 bridgehead atoms. The Hall–Kier alpha value is -4.27. The molecule has 4 aromatic rings. The molecule has 188 valence electrons. The van der Waals surface area contributed by atoms with E-state index in [1.54, 1.807) is 17.8 Å². The fourth-order valence-electron chi connectivity index (χ4n) is 6.09. The van der Waals surface area contributed by atoms with Gasteiger partial charge in [-0.25, -0.2) is 9.78 Å². The van der Waals surface area contributed by atoms with Gasteiger partial charge in [0.25, 0.3) is 0 Å². The van der Waals surface area contributed by atoms with E-state index in [4.69, 9.17) is 10.7 Å². The molecule has 2 amide bonds. The number of pyridine rings is 1. The number of aromatic nitrogens is 4. The highest BCUT2D eigenvalue weighted by molar-refractivity contribution is 6.00. The highest BCUT2D eigenvalue weighted by Gasteiger charge is 2.44. The number of nitrogen functional groups attached to an aromatic ring is 1. The van der Waals surface area contributed by atoms with Crippen LogP contribution in [0.25, 0.3) is 28.0 Å². The molecule has 3 N–H and O–H groups in total. The summed E-state index contributed by atoms with van der Waals surface area (Å²) < 4.78 is 1.55. The smallest absolute Gasteiger partial charge is 0.317 e. The number of piperidine rings is 1.